The molecule has 1 aromatic rings. The first kappa shape index (κ1) is 10.7. The molecule has 1 rings (SSSR count). The van der Waals surface area contributed by atoms with E-state index in [9.17, 15) is 4.79 Å². The van der Waals surface area contributed by atoms with Gasteiger partial charge >= 0.3 is 0 Å². The van der Waals surface area contributed by atoms with E-state index >= 15 is 0 Å². The van der Waals surface area contributed by atoms with Gasteiger partial charge in [-0.2, -0.15) is 16.6 Å². The van der Waals surface area contributed by atoms with Crippen LogP contribution in [-0.4, -0.2) is 23.9 Å². The third kappa shape index (κ3) is 2.12. The Morgan fingerprint density at radius 3 is 2.79 bits per heavy atom. The van der Waals surface area contributed by atoms with Gasteiger partial charge in [0, 0.05) is 11.9 Å². The maximum absolute atomic E-state index is 11.8. The molecule has 3 nitrogen and oxygen atoms in total. The molecule has 0 saturated heterocycles. The number of hydrogen-bond acceptors (Lipinski definition) is 3. The van der Waals surface area contributed by atoms with E-state index in [2.05, 4.69) is 0 Å². The van der Waals surface area contributed by atoms with Crippen LogP contribution in [0.2, 0.25) is 0 Å². The van der Waals surface area contributed by atoms with E-state index in [1.807, 2.05) is 30.7 Å². The maximum atomic E-state index is 11.8. The molecule has 0 unspecified atom stereocenters. The van der Waals surface area contributed by atoms with Gasteiger partial charge in [-0.05, 0) is 24.8 Å². The predicted molar refractivity (Wildman–Crippen MR) is 56.2 cm³/mol. The van der Waals surface area contributed by atoms with E-state index in [1.54, 1.807) is 0 Å². The van der Waals surface area contributed by atoms with Crippen LogP contribution in [0.25, 0.3) is 0 Å². The van der Waals surface area contributed by atoms with Crippen molar-refractivity contribution in [2.45, 2.75) is 13.8 Å². The van der Waals surface area contributed by atoms with Crippen LogP contribution >= 0.6 is 11.3 Å². The van der Waals surface area contributed by atoms with Crippen molar-refractivity contribution in [1.82, 2.24) is 4.90 Å². The molecule has 0 N–H and O–H groups in total. The largest absolute Gasteiger partial charge is 0.326 e. The minimum Gasteiger partial charge on any atom is -0.326 e. The van der Waals surface area contributed by atoms with E-state index in [1.165, 1.54) is 16.2 Å². The number of carbonyl (C=O) groups is 1. The molecular weight excluding hydrogens is 196 g/mol. The Bertz CT molecular complexity index is 364. The predicted octanol–water partition coefficient (Wildman–Crippen LogP) is 2.04. The number of carbonyl (C=O) groups excluding carboxylic acids is 1. The Balaban J connectivity index is 2.84. The first-order valence-corrected chi connectivity index (χ1v) is 5.34. The highest BCUT2D eigenvalue weighted by atomic mass is 32.1. The second-order valence-electron chi connectivity index (χ2n) is 2.95. The van der Waals surface area contributed by atoms with Crippen molar-refractivity contribution in [3.63, 3.8) is 0 Å². The van der Waals surface area contributed by atoms with Gasteiger partial charge in [-0.3, -0.25) is 4.79 Å². The summed E-state index contributed by atoms with van der Waals surface area (Å²) >= 11 is 1.51. The number of thiophene rings is 1. The molecule has 0 aliphatic heterocycles. The number of nitriles is 1. The molecule has 0 atom stereocenters. The molecule has 4 heteroatoms. The molecule has 1 amide bonds. The molecule has 0 aliphatic carbocycles. The number of rotatable bonds is 3. The Morgan fingerprint density at radius 2 is 2.36 bits per heavy atom. The fourth-order valence-corrected chi connectivity index (χ4v) is 1.98. The lowest BCUT2D eigenvalue weighted by atomic mass is 10.2. The number of hydrogen-bond donors (Lipinski definition) is 0. The van der Waals surface area contributed by atoms with Crippen molar-refractivity contribution in [3.05, 3.63) is 21.9 Å². The second kappa shape index (κ2) is 4.77. The summed E-state index contributed by atoms with van der Waals surface area (Å²) in [4.78, 5) is 13.4. The molecule has 0 fully saturated rings. The monoisotopic (exact) mass is 208 g/mol. The maximum Gasteiger partial charge on any atom is 0.255 e. The molecule has 0 aromatic carbocycles. The molecule has 0 saturated carbocycles. The quantitative estimate of drug-likeness (QED) is 0.713. The van der Waals surface area contributed by atoms with Crippen LogP contribution in [0.5, 0.6) is 0 Å². The van der Waals surface area contributed by atoms with Gasteiger partial charge in [0.05, 0.1) is 11.6 Å². The Morgan fingerprint density at radius 1 is 1.64 bits per heavy atom. The van der Waals surface area contributed by atoms with Crippen molar-refractivity contribution >= 4 is 17.2 Å². The lowest BCUT2D eigenvalue weighted by Gasteiger charge is -2.16. The zero-order valence-corrected chi connectivity index (χ0v) is 9.10. The minimum atomic E-state index is -0.0483. The Kier molecular flexibility index (Phi) is 3.66. The highest BCUT2D eigenvalue weighted by Gasteiger charge is 2.15. The Hall–Kier alpha value is -1.34. The van der Waals surface area contributed by atoms with Gasteiger partial charge in [0.15, 0.2) is 0 Å². The van der Waals surface area contributed by atoms with Crippen molar-refractivity contribution in [3.8, 4) is 6.07 Å². The van der Waals surface area contributed by atoms with Crippen LogP contribution in [0.4, 0.5) is 0 Å². The van der Waals surface area contributed by atoms with Gasteiger partial charge < -0.3 is 4.90 Å². The molecule has 14 heavy (non-hydrogen) atoms. The smallest absolute Gasteiger partial charge is 0.255 e. The first-order chi connectivity index (χ1) is 6.70. The molecular formula is C10H12N2OS. The molecule has 0 radical (unpaired) electrons. The first-order valence-electron chi connectivity index (χ1n) is 4.39. The van der Waals surface area contributed by atoms with Gasteiger partial charge in [0.25, 0.3) is 5.91 Å². The number of amides is 1. The highest BCUT2D eigenvalue weighted by Crippen LogP contribution is 2.15. The van der Waals surface area contributed by atoms with Gasteiger partial charge in [-0.15, -0.1) is 0 Å². The third-order valence-electron chi connectivity index (χ3n) is 2.02. The molecule has 0 bridgehead atoms. The van der Waals surface area contributed by atoms with E-state index < -0.39 is 0 Å². The van der Waals surface area contributed by atoms with Crippen LogP contribution in [0.1, 0.15) is 22.8 Å². The van der Waals surface area contributed by atoms with Crippen LogP contribution in [0.3, 0.4) is 0 Å². The van der Waals surface area contributed by atoms with E-state index in [4.69, 9.17) is 5.26 Å². The summed E-state index contributed by atoms with van der Waals surface area (Å²) in [6.45, 7) is 4.51. The van der Waals surface area contributed by atoms with Gasteiger partial charge in [-0.25, -0.2) is 0 Å². The van der Waals surface area contributed by atoms with Crippen LogP contribution in [0.15, 0.2) is 10.8 Å². The molecule has 0 aliphatic rings. The third-order valence-corrected chi connectivity index (χ3v) is 2.88. The average Bonchev–Trinajstić information content (AvgIpc) is 2.59. The fourth-order valence-electron chi connectivity index (χ4n) is 1.16. The van der Waals surface area contributed by atoms with Crippen molar-refractivity contribution in [1.29, 1.82) is 5.26 Å². The highest BCUT2D eigenvalue weighted by molar-refractivity contribution is 7.08. The van der Waals surface area contributed by atoms with Crippen molar-refractivity contribution < 1.29 is 4.79 Å². The lowest BCUT2D eigenvalue weighted by molar-refractivity contribution is 0.0784. The van der Waals surface area contributed by atoms with Crippen molar-refractivity contribution in [2.24, 2.45) is 0 Å². The summed E-state index contributed by atoms with van der Waals surface area (Å²) in [6, 6.07) is 1.99. The minimum absolute atomic E-state index is 0.0483. The van der Waals surface area contributed by atoms with E-state index in [0.29, 0.717) is 12.1 Å². The SMILES string of the molecule is CCN(CC#N)C(=O)c1cscc1C. The normalized spacial score (nSPS) is 9.50. The summed E-state index contributed by atoms with van der Waals surface area (Å²) in [5.74, 6) is -0.0483. The molecule has 0 spiro atoms. The Labute approximate surface area is 87.6 Å². The molecule has 74 valence electrons. The standard InChI is InChI=1S/C10H12N2OS/c1-3-12(5-4-11)10(13)9-7-14-6-8(9)2/h6-7H,3,5H2,1-2H3. The molecule has 1 aromatic heterocycles. The van der Waals surface area contributed by atoms with Crippen LogP contribution < -0.4 is 0 Å². The van der Waals surface area contributed by atoms with Crippen LogP contribution in [-0.2, 0) is 0 Å². The van der Waals surface area contributed by atoms with E-state index in [-0.39, 0.29) is 12.5 Å². The zero-order chi connectivity index (χ0) is 10.6. The topological polar surface area (TPSA) is 44.1 Å². The summed E-state index contributed by atoms with van der Waals surface area (Å²) < 4.78 is 0. The van der Waals surface area contributed by atoms with Gasteiger partial charge in [0.2, 0.25) is 0 Å². The average molecular weight is 208 g/mol. The second-order valence-corrected chi connectivity index (χ2v) is 3.69. The zero-order valence-electron chi connectivity index (χ0n) is 8.28. The molecule has 1 heterocycles. The van der Waals surface area contributed by atoms with E-state index in [0.717, 1.165) is 5.56 Å². The summed E-state index contributed by atoms with van der Waals surface area (Å²) in [6.07, 6.45) is 0. The van der Waals surface area contributed by atoms with Crippen molar-refractivity contribution in [2.75, 3.05) is 13.1 Å². The number of aryl methyl sites for hydroxylation is 1. The van der Waals surface area contributed by atoms with Gasteiger partial charge in [-0.1, -0.05) is 0 Å². The van der Waals surface area contributed by atoms with Gasteiger partial charge in [0.1, 0.15) is 6.54 Å². The summed E-state index contributed by atoms with van der Waals surface area (Å²) in [5.41, 5.74) is 1.70. The van der Waals surface area contributed by atoms with Crippen LogP contribution in [0, 0.1) is 18.3 Å². The summed E-state index contributed by atoms with van der Waals surface area (Å²) in [5, 5.41) is 12.3. The summed E-state index contributed by atoms with van der Waals surface area (Å²) in [7, 11) is 0. The fraction of sp³-hybridized carbons (Fsp3) is 0.400. The number of nitrogens with zero attached hydrogens (tertiary/aromatic N) is 2. The lowest BCUT2D eigenvalue weighted by Crippen LogP contribution is -2.31.